The van der Waals surface area contributed by atoms with Gasteiger partial charge in [-0.1, -0.05) is 46.3 Å². The molecule has 116 valence electrons. The van der Waals surface area contributed by atoms with Crippen LogP contribution in [0.3, 0.4) is 0 Å². The fourth-order valence-corrected chi connectivity index (χ4v) is 2.59. The first-order valence-electron chi connectivity index (χ1n) is 7.18. The van der Waals surface area contributed by atoms with Crippen LogP contribution in [0.2, 0.25) is 0 Å². The fourth-order valence-electron chi connectivity index (χ4n) is 2.19. The molecule has 0 saturated heterocycles. The van der Waals surface area contributed by atoms with Crippen molar-refractivity contribution in [3.8, 4) is 5.75 Å². The number of ether oxygens (including phenoxy) is 2. The molecule has 2 aromatic carbocycles. The number of carbonyl (C=O) groups excluding carboxylic acids is 1. The van der Waals surface area contributed by atoms with E-state index in [9.17, 15) is 4.79 Å². The van der Waals surface area contributed by atoms with Crippen LogP contribution in [-0.2, 0) is 9.53 Å². The summed E-state index contributed by atoms with van der Waals surface area (Å²) in [5.74, 6) is 0.433. The van der Waals surface area contributed by atoms with Crippen LogP contribution >= 0.6 is 15.9 Å². The summed E-state index contributed by atoms with van der Waals surface area (Å²) in [5, 5.41) is 0. The van der Waals surface area contributed by atoms with Crippen molar-refractivity contribution in [2.24, 2.45) is 4.99 Å². The predicted octanol–water partition coefficient (Wildman–Crippen LogP) is 4.19. The van der Waals surface area contributed by atoms with E-state index in [0.29, 0.717) is 17.9 Å². The van der Waals surface area contributed by atoms with Gasteiger partial charge < -0.3 is 9.47 Å². The first kappa shape index (κ1) is 15.5. The molecule has 5 heteroatoms. The van der Waals surface area contributed by atoms with Gasteiger partial charge in [-0.05, 0) is 36.8 Å². The highest BCUT2D eigenvalue weighted by Crippen LogP contribution is 2.26. The molecule has 4 nitrogen and oxygen atoms in total. The topological polar surface area (TPSA) is 47.9 Å². The molecule has 0 spiro atoms. The first-order valence-corrected chi connectivity index (χ1v) is 7.97. The van der Waals surface area contributed by atoms with Gasteiger partial charge in [0.05, 0.1) is 12.2 Å². The molecular formula is C18H14BrNO3. The zero-order valence-electron chi connectivity index (χ0n) is 12.5. The molecule has 1 heterocycles. The lowest BCUT2D eigenvalue weighted by atomic mass is 10.2. The molecule has 0 bridgehead atoms. The van der Waals surface area contributed by atoms with Crippen LogP contribution in [0.1, 0.15) is 18.1 Å². The van der Waals surface area contributed by atoms with Crippen molar-refractivity contribution in [1.82, 2.24) is 0 Å². The van der Waals surface area contributed by atoms with Crippen LogP contribution in [0.5, 0.6) is 5.75 Å². The smallest absolute Gasteiger partial charge is 0.363 e. The third-order valence-corrected chi connectivity index (χ3v) is 3.96. The SMILES string of the molecule is CCOc1ccccc1C1=N/C(=C\c2ccccc2Br)C(=O)O1. The molecule has 0 radical (unpaired) electrons. The number of rotatable bonds is 4. The van der Waals surface area contributed by atoms with Gasteiger partial charge in [0.2, 0.25) is 5.90 Å². The molecule has 0 saturated carbocycles. The van der Waals surface area contributed by atoms with Crippen LogP contribution in [0.15, 0.2) is 63.7 Å². The Morgan fingerprint density at radius 3 is 2.70 bits per heavy atom. The maximum absolute atomic E-state index is 12.1. The molecule has 1 aliphatic rings. The number of para-hydroxylation sites is 1. The van der Waals surface area contributed by atoms with Crippen molar-refractivity contribution >= 4 is 33.9 Å². The van der Waals surface area contributed by atoms with E-state index in [4.69, 9.17) is 9.47 Å². The zero-order valence-corrected chi connectivity index (χ0v) is 14.0. The van der Waals surface area contributed by atoms with Crippen molar-refractivity contribution in [2.45, 2.75) is 6.92 Å². The minimum Gasteiger partial charge on any atom is -0.493 e. The number of carbonyl (C=O) groups is 1. The number of halogens is 1. The van der Waals surface area contributed by atoms with E-state index in [0.717, 1.165) is 10.0 Å². The monoisotopic (exact) mass is 371 g/mol. The van der Waals surface area contributed by atoms with Gasteiger partial charge in [-0.3, -0.25) is 0 Å². The number of hydrogen-bond donors (Lipinski definition) is 0. The molecule has 0 amide bonds. The van der Waals surface area contributed by atoms with Crippen molar-refractivity contribution in [1.29, 1.82) is 0 Å². The van der Waals surface area contributed by atoms with Crippen molar-refractivity contribution in [3.63, 3.8) is 0 Å². The molecule has 0 aromatic heterocycles. The van der Waals surface area contributed by atoms with Crippen LogP contribution in [0.4, 0.5) is 0 Å². The van der Waals surface area contributed by atoms with Crippen LogP contribution in [-0.4, -0.2) is 18.5 Å². The van der Waals surface area contributed by atoms with Gasteiger partial charge in [0.1, 0.15) is 5.75 Å². The maximum atomic E-state index is 12.1. The Bertz CT molecular complexity index is 811. The Balaban J connectivity index is 1.98. The minimum absolute atomic E-state index is 0.261. The van der Waals surface area contributed by atoms with Gasteiger partial charge in [-0.2, -0.15) is 0 Å². The number of benzene rings is 2. The van der Waals surface area contributed by atoms with E-state index < -0.39 is 5.97 Å². The minimum atomic E-state index is -0.470. The van der Waals surface area contributed by atoms with E-state index in [1.165, 1.54) is 0 Å². The molecule has 3 rings (SSSR count). The summed E-state index contributed by atoms with van der Waals surface area (Å²) < 4.78 is 11.8. The Morgan fingerprint density at radius 2 is 1.91 bits per heavy atom. The van der Waals surface area contributed by atoms with Crippen molar-refractivity contribution < 1.29 is 14.3 Å². The number of cyclic esters (lactones) is 1. The lowest BCUT2D eigenvalue weighted by Crippen LogP contribution is -2.07. The predicted molar refractivity (Wildman–Crippen MR) is 92.4 cm³/mol. The fraction of sp³-hybridized carbons (Fsp3) is 0.111. The standard InChI is InChI=1S/C18H14BrNO3/c1-2-22-16-10-6-4-8-13(16)17-20-15(18(21)23-17)11-12-7-3-5-9-14(12)19/h3-11H,2H2,1H3/b15-11-. The third kappa shape index (κ3) is 3.35. The maximum Gasteiger partial charge on any atom is 0.363 e. The number of hydrogen-bond acceptors (Lipinski definition) is 4. The van der Waals surface area contributed by atoms with Gasteiger partial charge in [-0.25, -0.2) is 9.79 Å². The zero-order chi connectivity index (χ0) is 16.2. The average molecular weight is 372 g/mol. The number of nitrogens with zero attached hydrogens (tertiary/aromatic N) is 1. The third-order valence-electron chi connectivity index (χ3n) is 3.24. The molecule has 0 unspecified atom stereocenters. The molecule has 1 aliphatic heterocycles. The van der Waals surface area contributed by atoms with Crippen molar-refractivity contribution in [3.05, 3.63) is 69.8 Å². The number of aliphatic imine (C=N–C) groups is 1. The summed E-state index contributed by atoms with van der Waals surface area (Å²) in [7, 11) is 0. The Kier molecular flexibility index (Phi) is 4.57. The summed E-state index contributed by atoms with van der Waals surface area (Å²) in [6, 6.07) is 15.0. The molecule has 2 aromatic rings. The second kappa shape index (κ2) is 6.79. The van der Waals surface area contributed by atoms with E-state index in [1.807, 2.05) is 55.5 Å². The quantitative estimate of drug-likeness (QED) is 0.597. The summed E-state index contributed by atoms with van der Waals surface area (Å²) >= 11 is 3.45. The van der Waals surface area contributed by atoms with Gasteiger partial charge in [0.25, 0.3) is 0 Å². The van der Waals surface area contributed by atoms with E-state index in [2.05, 4.69) is 20.9 Å². The molecule has 0 atom stereocenters. The summed E-state index contributed by atoms with van der Waals surface area (Å²) in [6.07, 6.45) is 1.70. The van der Waals surface area contributed by atoms with Gasteiger partial charge in [-0.15, -0.1) is 0 Å². The van der Waals surface area contributed by atoms with E-state index in [-0.39, 0.29) is 11.6 Å². The molecule has 0 fully saturated rings. The summed E-state index contributed by atoms with van der Waals surface area (Å²) in [5.41, 5.74) is 1.79. The van der Waals surface area contributed by atoms with Gasteiger partial charge in [0, 0.05) is 4.47 Å². The van der Waals surface area contributed by atoms with Gasteiger partial charge >= 0.3 is 5.97 Å². The second-order valence-corrected chi connectivity index (χ2v) is 5.64. The van der Waals surface area contributed by atoms with Crippen LogP contribution in [0, 0.1) is 0 Å². The normalized spacial score (nSPS) is 15.5. The second-order valence-electron chi connectivity index (χ2n) is 4.79. The van der Waals surface area contributed by atoms with Gasteiger partial charge in [0.15, 0.2) is 5.70 Å². The lowest BCUT2D eigenvalue weighted by Gasteiger charge is -2.08. The van der Waals surface area contributed by atoms with Crippen molar-refractivity contribution in [2.75, 3.05) is 6.61 Å². The van der Waals surface area contributed by atoms with Crippen LogP contribution in [0.25, 0.3) is 6.08 Å². The highest BCUT2D eigenvalue weighted by atomic mass is 79.9. The highest BCUT2D eigenvalue weighted by molar-refractivity contribution is 9.10. The van der Waals surface area contributed by atoms with Crippen LogP contribution < -0.4 is 4.74 Å². The average Bonchev–Trinajstić information content (AvgIpc) is 2.91. The van der Waals surface area contributed by atoms with E-state index in [1.54, 1.807) is 6.08 Å². The first-order chi connectivity index (χ1) is 11.2. The highest BCUT2D eigenvalue weighted by Gasteiger charge is 2.26. The largest absolute Gasteiger partial charge is 0.493 e. The Hall–Kier alpha value is -2.40. The molecule has 23 heavy (non-hydrogen) atoms. The Morgan fingerprint density at radius 1 is 1.17 bits per heavy atom. The molecular weight excluding hydrogens is 358 g/mol. The summed E-state index contributed by atoms with van der Waals surface area (Å²) in [4.78, 5) is 16.4. The molecule has 0 aliphatic carbocycles. The molecule has 0 N–H and O–H groups in total. The van der Waals surface area contributed by atoms with E-state index >= 15 is 0 Å². The summed E-state index contributed by atoms with van der Waals surface area (Å²) in [6.45, 7) is 2.43. The number of esters is 1. The Labute approximate surface area is 142 Å². The lowest BCUT2D eigenvalue weighted by molar-refractivity contribution is -0.129.